The Kier molecular flexibility index (Phi) is 7.58. The van der Waals surface area contributed by atoms with E-state index < -0.39 is 0 Å². The Morgan fingerprint density at radius 3 is 1.80 bits per heavy atom. The van der Waals surface area contributed by atoms with Gasteiger partial charge >= 0.3 is 0 Å². The van der Waals surface area contributed by atoms with E-state index in [1.165, 1.54) is 60.4 Å². The molecular formula is C60H42N4O2. The number of furan rings is 2. The Morgan fingerprint density at radius 1 is 0.424 bits per heavy atom. The number of benzene rings is 8. The lowest BCUT2D eigenvalue weighted by Gasteiger charge is -2.57. The molecule has 0 spiro atoms. The molecule has 4 aromatic heterocycles. The summed E-state index contributed by atoms with van der Waals surface area (Å²) in [6.45, 7) is 0. The van der Waals surface area contributed by atoms with Gasteiger partial charge in [0.25, 0.3) is 0 Å². The number of nitrogens with zero attached hydrogens (tertiary/aromatic N) is 4. The number of hydrogen-bond acceptors (Lipinski definition) is 6. The lowest BCUT2D eigenvalue weighted by molar-refractivity contribution is -0.00518. The molecule has 4 fully saturated rings. The van der Waals surface area contributed by atoms with Gasteiger partial charge in [-0.2, -0.15) is 0 Å². The maximum atomic E-state index is 7.23. The van der Waals surface area contributed by atoms with Crippen molar-refractivity contribution in [1.82, 2.24) is 19.9 Å². The zero-order valence-electron chi connectivity index (χ0n) is 36.2. The van der Waals surface area contributed by atoms with Gasteiger partial charge in [0.2, 0.25) is 0 Å². The smallest absolute Gasteiger partial charge is 0.167 e. The van der Waals surface area contributed by atoms with Crippen molar-refractivity contribution in [3.63, 3.8) is 0 Å². The Labute approximate surface area is 380 Å². The molecule has 0 atom stereocenters. The Bertz CT molecular complexity index is 3960. The Balaban J connectivity index is 0.989. The molecule has 6 heteroatoms. The zero-order chi connectivity index (χ0) is 43.1. The summed E-state index contributed by atoms with van der Waals surface area (Å²) in [5, 5.41) is 9.86. The SMILES string of the molecule is c1cnc2cc(-c3nc(-c4ccc5oc6ccccc6c5c4)nc(-c4cc(-c5ccc(C67CC8CC(CC(C8)C6)C7)cc5)cc5c4oc4c6ccccc6c6ccccc6c54)n3)ccc2c1. The maximum absolute atomic E-state index is 7.23. The first kappa shape index (κ1) is 36.6. The minimum atomic E-state index is 0.324. The second kappa shape index (κ2) is 13.7. The van der Waals surface area contributed by atoms with Gasteiger partial charge in [0.15, 0.2) is 17.5 Å². The fourth-order valence-electron chi connectivity index (χ4n) is 13.1. The average Bonchev–Trinajstić information content (AvgIpc) is 3.95. The van der Waals surface area contributed by atoms with Crippen LogP contribution in [-0.2, 0) is 5.41 Å². The standard InChI is InChI=1S/C60H42N4O2/c1-3-12-46-43(9-1)44-10-2-4-13-47(44)56-54(46)49-28-41(37-17-20-42(21-18-37)60-31-34-24-35(32-60)26-36(25-34)33-60)29-50(55(49)66-56)59-63-57(39-19-22-53-48(27-39)45-11-5-6-14-52(45)65-53)62-58(64-59)40-16-15-38-8-7-23-61-51(38)30-40/h1-23,27-30,34-36H,24-26,31-33H2. The third-order valence-electron chi connectivity index (χ3n) is 15.7. The highest BCUT2D eigenvalue weighted by Crippen LogP contribution is 2.61. The van der Waals surface area contributed by atoms with Gasteiger partial charge in [-0.05, 0) is 143 Å². The highest BCUT2D eigenvalue weighted by atomic mass is 16.3. The third-order valence-corrected chi connectivity index (χ3v) is 15.7. The summed E-state index contributed by atoms with van der Waals surface area (Å²) in [5.74, 6) is 4.34. The fraction of sp³-hybridized carbons (Fsp3) is 0.167. The van der Waals surface area contributed by atoms with Crippen LogP contribution in [0.25, 0.3) is 122 Å². The van der Waals surface area contributed by atoms with Crippen molar-refractivity contribution in [2.24, 2.45) is 17.8 Å². The number of fused-ring (bicyclic) bond motifs is 12. The summed E-state index contributed by atoms with van der Waals surface area (Å²) < 4.78 is 13.5. The lowest BCUT2D eigenvalue weighted by atomic mass is 9.48. The third kappa shape index (κ3) is 5.48. The van der Waals surface area contributed by atoms with Crippen LogP contribution in [-0.4, -0.2) is 19.9 Å². The molecule has 16 rings (SSSR count). The Hall–Kier alpha value is -7.70. The van der Waals surface area contributed by atoms with E-state index in [1.54, 1.807) is 0 Å². The lowest BCUT2D eigenvalue weighted by Crippen LogP contribution is -2.48. The van der Waals surface area contributed by atoms with Crippen LogP contribution in [0.3, 0.4) is 0 Å². The van der Waals surface area contributed by atoms with E-state index in [9.17, 15) is 0 Å². The largest absolute Gasteiger partial charge is 0.456 e. The minimum absolute atomic E-state index is 0.324. The van der Waals surface area contributed by atoms with Crippen LogP contribution in [0.1, 0.15) is 44.1 Å². The highest BCUT2D eigenvalue weighted by molar-refractivity contribution is 6.31. The molecule has 4 bridgehead atoms. The van der Waals surface area contributed by atoms with E-state index in [2.05, 4.69) is 121 Å². The van der Waals surface area contributed by atoms with E-state index in [4.69, 9.17) is 28.8 Å². The summed E-state index contributed by atoms with van der Waals surface area (Å²) in [6, 6.07) is 56.2. The summed E-state index contributed by atoms with van der Waals surface area (Å²) >= 11 is 0. The molecule has 4 saturated carbocycles. The zero-order valence-corrected chi connectivity index (χ0v) is 36.2. The molecule has 8 aromatic carbocycles. The molecule has 6 nitrogen and oxygen atoms in total. The van der Waals surface area contributed by atoms with Crippen molar-refractivity contribution in [1.29, 1.82) is 0 Å². The molecule has 0 aliphatic heterocycles. The van der Waals surface area contributed by atoms with Gasteiger partial charge in [-0.1, -0.05) is 109 Å². The Morgan fingerprint density at radius 2 is 1.03 bits per heavy atom. The summed E-state index contributed by atoms with van der Waals surface area (Å²) in [4.78, 5) is 20.7. The molecule has 0 amide bonds. The van der Waals surface area contributed by atoms with Gasteiger partial charge in [0.05, 0.1) is 11.1 Å². The first-order chi connectivity index (χ1) is 32.6. The van der Waals surface area contributed by atoms with Crippen LogP contribution in [0.5, 0.6) is 0 Å². The molecule has 4 aliphatic rings. The second-order valence-electron chi connectivity index (χ2n) is 19.6. The normalized spacial score (nSPS) is 20.3. The molecule has 0 unspecified atom stereocenters. The molecule has 0 saturated heterocycles. The first-order valence-electron chi connectivity index (χ1n) is 23.5. The molecule has 0 radical (unpaired) electrons. The predicted molar refractivity (Wildman–Crippen MR) is 266 cm³/mol. The molecular weight excluding hydrogens is 809 g/mol. The van der Waals surface area contributed by atoms with Crippen LogP contribution in [0.4, 0.5) is 0 Å². The summed E-state index contributed by atoms with van der Waals surface area (Å²) in [6.07, 6.45) is 10.2. The van der Waals surface area contributed by atoms with Crippen molar-refractivity contribution in [2.45, 2.75) is 43.9 Å². The number of aromatic nitrogens is 4. The van der Waals surface area contributed by atoms with Gasteiger partial charge in [-0.25, -0.2) is 15.0 Å². The van der Waals surface area contributed by atoms with Crippen LogP contribution in [0.15, 0.2) is 173 Å². The topological polar surface area (TPSA) is 77.8 Å². The molecule has 4 heterocycles. The van der Waals surface area contributed by atoms with Crippen molar-refractivity contribution in [3.05, 3.63) is 169 Å². The van der Waals surface area contributed by atoms with E-state index in [0.717, 1.165) is 106 Å². The average molecular weight is 851 g/mol. The van der Waals surface area contributed by atoms with Gasteiger partial charge in [-0.15, -0.1) is 0 Å². The monoisotopic (exact) mass is 850 g/mol. The van der Waals surface area contributed by atoms with Gasteiger partial charge in [0, 0.05) is 49.6 Å². The van der Waals surface area contributed by atoms with Gasteiger partial charge < -0.3 is 8.83 Å². The first-order valence-corrected chi connectivity index (χ1v) is 23.5. The molecule has 4 aliphatic carbocycles. The number of para-hydroxylation sites is 1. The van der Waals surface area contributed by atoms with Crippen molar-refractivity contribution in [3.8, 4) is 45.3 Å². The molecule has 66 heavy (non-hydrogen) atoms. The van der Waals surface area contributed by atoms with E-state index in [0.29, 0.717) is 22.9 Å². The van der Waals surface area contributed by atoms with Crippen LogP contribution >= 0.6 is 0 Å². The predicted octanol–water partition coefficient (Wildman–Crippen LogP) is 15.7. The van der Waals surface area contributed by atoms with Crippen molar-refractivity contribution >= 4 is 76.3 Å². The molecule has 12 aromatic rings. The van der Waals surface area contributed by atoms with Gasteiger partial charge in [0.1, 0.15) is 22.3 Å². The number of hydrogen-bond donors (Lipinski definition) is 0. The maximum Gasteiger partial charge on any atom is 0.167 e. The van der Waals surface area contributed by atoms with Crippen molar-refractivity contribution < 1.29 is 8.83 Å². The summed E-state index contributed by atoms with van der Waals surface area (Å²) in [5.41, 5.74) is 10.8. The highest BCUT2D eigenvalue weighted by Gasteiger charge is 2.51. The minimum Gasteiger partial charge on any atom is -0.456 e. The molecule has 314 valence electrons. The van der Waals surface area contributed by atoms with E-state index in [1.807, 2.05) is 42.6 Å². The number of pyridine rings is 1. The van der Waals surface area contributed by atoms with E-state index >= 15 is 0 Å². The second-order valence-corrected chi connectivity index (χ2v) is 19.6. The van der Waals surface area contributed by atoms with Crippen molar-refractivity contribution in [2.75, 3.05) is 0 Å². The van der Waals surface area contributed by atoms with Crippen LogP contribution in [0, 0.1) is 17.8 Å². The van der Waals surface area contributed by atoms with Gasteiger partial charge in [-0.3, -0.25) is 4.98 Å². The van der Waals surface area contributed by atoms with E-state index in [-0.39, 0.29) is 0 Å². The fourth-order valence-corrected chi connectivity index (χ4v) is 13.1. The molecule has 0 N–H and O–H groups in total. The van der Waals surface area contributed by atoms with Crippen LogP contribution in [0.2, 0.25) is 0 Å². The quantitative estimate of drug-likeness (QED) is 0.161. The summed E-state index contributed by atoms with van der Waals surface area (Å²) in [7, 11) is 0. The van der Waals surface area contributed by atoms with Crippen LogP contribution < -0.4 is 0 Å². The number of rotatable bonds is 5.